The summed E-state index contributed by atoms with van der Waals surface area (Å²) in [5, 5.41) is 0. The molecular weight excluding hydrogens is 561 g/mol. The Morgan fingerprint density at radius 1 is 0.667 bits per heavy atom. The van der Waals surface area contributed by atoms with Gasteiger partial charge in [-0.2, -0.15) is 0 Å². The predicted molar refractivity (Wildman–Crippen MR) is 184 cm³/mol. The van der Waals surface area contributed by atoms with Crippen LogP contribution in [0.4, 0.5) is 13.2 Å². The molecule has 0 aliphatic heterocycles. The van der Waals surface area contributed by atoms with Gasteiger partial charge in [0.15, 0.2) is 11.6 Å². The fraction of sp³-hybridized carbons (Fsp3) is 0.476. The first-order chi connectivity index (χ1) is 22.0. The topological polar surface area (TPSA) is 0 Å². The molecule has 0 aromatic heterocycles. The molecule has 0 saturated heterocycles. The predicted octanol–water partition coefficient (Wildman–Crippen LogP) is 13.3. The molecule has 0 radical (unpaired) electrons. The number of hydrogen-bond acceptors (Lipinski definition) is 0. The van der Waals surface area contributed by atoms with E-state index in [4.69, 9.17) is 0 Å². The van der Waals surface area contributed by atoms with E-state index in [9.17, 15) is 4.39 Å². The van der Waals surface area contributed by atoms with E-state index in [0.717, 1.165) is 61.0 Å². The Morgan fingerprint density at radius 3 is 1.96 bits per heavy atom. The molecule has 0 amide bonds. The lowest BCUT2D eigenvalue weighted by Gasteiger charge is -2.34. The number of unbranched alkanes of at least 4 members (excludes halogenated alkanes) is 6. The third kappa shape index (κ3) is 8.60. The van der Waals surface area contributed by atoms with Crippen LogP contribution in [0.1, 0.15) is 115 Å². The van der Waals surface area contributed by atoms with Crippen molar-refractivity contribution in [3.8, 4) is 22.3 Å². The molecule has 0 nitrogen and oxygen atoms in total. The van der Waals surface area contributed by atoms with Crippen molar-refractivity contribution in [1.82, 2.24) is 0 Å². The molecule has 3 heteroatoms. The summed E-state index contributed by atoms with van der Waals surface area (Å²) in [6.07, 6.45) is 24.1. The fourth-order valence-electron chi connectivity index (χ4n) is 7.68. The third-order valence-corrected chi connectivity index (χ3v) is 10.5. The average Bonchev–Trinajstić information content (AvgIpc) is 3.07. The van der Waals surface area contributed by atoms with Crippen LogP contribution in [0.5, 0.6) is 0 Å². The first-order valence-corrected chi connectivity index (χ1v) is 17.7. The highest BCUT2D eigenvalue weighted by Crippen LogP contribution is 2.42. The molecule has 5 rings (SSSR count). The Kier molecular flexibility index (Phi) is 12.2. The van der Waals surface area contributed by atoms with Crippen molar-refractivity contribution in [2.24, 2.45) is 17.8 Å². The van der Waals surface area contributed by atoms with Crippen molar-refractivity contribution in [2.75, 3.05) is 0 Å². The summed E-state index contributed by atoms with van der Waals surface area (Å²) < 4.78 is 45.4. The molecule has 2 aliphatic rings. The van der Waals surface area contributed by atoms with Crippen LogP contribution in [0.25, 0.3) is 27.8 Å². The lowest BCUT2D eigenvalue weighted by molar-refractivity contribution is 0.212. The SMILES string of the molecule is C/C=C/C1CCC(C2CC=C(c3ccc(-c4ccc(-c5ccc(CCCCCCCCC)c(F)c5F)cc4)c(F)c3)CC2)CC1. The van der Waals surface area contributed by atoms with Gasteiger partial charge in [-0.1, -0.05) is 112 Å². The maximum Gasteiger partial charge on any atom is 0.166 e. The largest absolute Gasteiger partial charge is 0.206 e. The molecule has 3 aromatic rings. The molecule has 0 bridgehead atoms. The summed E-state index contributed by atoms with van der Waals surface area (Å²) in [7, 11) is 0. The van der Waals surface area contributed by atoms with E-state index >= 15 is 8.78 Å². The summed E-state index contributed by atoms with van der Waals surface area (Å²) in [6, 6.07) is 16.0. The van der Waals surface area contributed by atoms with Gasteiger partial charge in [0.05, 0.1) is 0 Å². The van der Waals surface area contributed by atoms with Crippen LogP contribution in [-0.2, 0) is 6.42 Å². The van der Waals surface area contributed by atoms with Crippen molar-refractivity contribution in [3.05, 3.63) is 101 Å². The Hall–Kier alpha value is -3.07. The van der Waals surface area contributed by atoms with Crippen molar-refractivity contribution in [3.63, 3.8) is 0 Å². The minimum atomic E-state index is -0.803. The van der Waals surface area contributed by atoms with Gasteiger partial charge in [0.2, 0.25) is 0 Å². The fourth-order valence-corrected chi connectivity index (χ4v) is 7.68. The molecule has 0 heterocycles. The number of aryl methyl sites for hydroxylation is 1. The smallest absolute Gasteiger partial charge is 0.166 e. The summed E-state index contributed by atoms with van der Waals surface area (Å²) in [5.74, 6) is 0.537. The van der Waals surface area contributed by atoms with Gasteiger partial charge in [0.25, 0.3) is 0 Å². The van der Waals surface area contributed by atoms with Crippen LogP contribution < -0.4 is 0 Å². The third-order valence-electron chi connectivity index (χ3n) is 10.5. The van der Waals surface area contributed by atoms with Gasteiger partial charge in [0, 0.05) is 11.1 Å². The number of halogens is 3. The van der Waals surface area contributed by atoms with Gasteiger partial charge < -0.3 is 0 Å². The van der Waals surface area contributed by atoms with E-state index < -0.39 is 11.6 Å². The Balaban J connectivity index is 1.18. The van der Waals surface area contributed by atoms with Crippen LogP contribution in [0.15, 0.2) is 72.8 Å². The van der Waals surface area contributed by atoms with E-state index in [1.165, 1.54) is 63.4 Å². The van der Waals surface area contributed by atoms with Crippen LogP contribution in [0, 0.1) is 35.2 Å². The van der Waals surface area contributed by atoms with Crippen molar-refractivity contribution in [2.45, 2.75) is 110 Å². The molecule has 1 fully saturated rings. The molecule has 3 aromatic carbocycles. The molecular formula is C42H51F3. The summed E-state index contributed by atoms with van der Waals surface area (Å²) >= 11 is 0. The number of hydrogen-bond donors (Lipinski definition) is 0. The highest BCUT2D eigenvalue weighted by molar-refractivity contribution is 5.74. The molecule has 0 N–H and O–H groups in total. The maximum absolute atomic E-state index is 15.4. The minimum absolute atomic E-state index is 0.242. The van der Waals surface area contributed by atoms with Crippen molar-refractivity contribution < 1.29 is 13.2 Å². The van der Waals surface area contributed by atoms with Gasteiger partial charge >= 0.3 is 0 Å². The number of rotatable bonds is 13. The molecule has 0 spiro atoms. The first-order valence-electron chi connectivity index (χ1n) is 17.7. The van der Waals surface area contributed by atoms with Crippen LogP contribution in [0.2, 0.25) is 0 Å². The molecule has 2 aliphatic carbocycles. The lowest BCUT2D eigenvalue weighted by Crippen LogP contribution is -2.22. The standard InChI is InChI=1S/C42H51F3/c1-3-5-6-7-8-9-10-12-36-25-28-39(42(45)41(36)44)35-23-21-34(22-24-35)38-27-26-37(29-40(38)43)33-19-17-32(18-20-33)31-15-13-30(11-4-2)14-16-31/h4,11,19,21-32H,3,5-10,12-18,20H2,1-2H3/b11-4+. The van der Waals surface area contributed by atoms with Crippen LogP contribution >= 0.6 is 0 Å². The van der Waals surface area contributed by atoms with Gasteiger partial charge in [-0.25, -0.2) is 13.2 Å². The Bertz CT molecular complexity index is 1440. The van der Waals surface area contributed by atoms with E-state index in [2.05, 4.69) is 32.1 Å². The first kappa shape index (κ1) is 33.3. The number of allylic oxidation sites excluding steroid dienone is 4. The van der Waals surface area contributed by atoms with Crippen molar-refractivity contribution >= 4 is 5.57 Å². The van der Waals surface area contributed by atoms with Crippen molar-refractivity contribution in [1.29, 1.82) is 0 Å². The normalized spacial score (nSPS) is 20.5. The highest BCUT2D eigenvalue weighted by Gasteiger charge is 2.28. The van der Waals surface area contributed by atoms with E-state index in [1.807, 2.05) is 12.1 Å². The molecule has 1 saturated carbocycles. The zero-order valence-electron chi connectivity index (χ0n) is 27.4. The minimum Gasteiger partial charge on any atom is -0.206 e. The molecule has 240 valence electrons. The van der Waals surface area contributed by atoms with Crippen LogP contribution in [-0.4, -0.2) is 0 Å². The van der Waals surface area contributed by atoms with E-state index in [-0.39, 0.29) is 11.4 Å². The zero-order chi connectivity index (χ0) is 31.6. The monoisotopic (exact) mass is 612 g/mol. The summed E-state index contributed by atoms with van der Waals surface area (Å²) in [5.41, 5.74) is 4.75. The van der Waals surface area contributed by atoms with E-state index in [0.29, 0.717) is 23.1 Å². The second-order valence-corrected chi connectivity index (χ2v) is 13.5. The average molecular weight is 613 g/mol. The van der Waals surface area contributed by atoms with Gasteiger partial charge in [-0.3, -0.25) is 0 Å². The van der Waals surface area contributed by atoms with Gasteiger partial charge in [-0.05, 0) is 116 Å². The quantitative estimate of drug-likeness (QED) is 0.133. The molecule has 1 unspecified atom stereocenters. The highest BCUT2D eigenvalue weighted by atomic mass is 19.2. The second-order valence-electron chi connectivity index (χ2n) is 13.5. The Morgan fingerprint density at radius 2 is 1.31 bits per heavy atom. The lowest BCUT2D eigenvalue weighted by atomic mass is 9.71. The van der Waals surface area contributed by atoms with E-state index in [1.54, 1.807) is 42.5 Å². The summed E-state index contributed by atoms with van der Waals surface area (Å²) in [4.78, 5) is 0. The second kappa shape index (κ2) is 16.5. The maximum atomic E-state index is 15.4. The van der Waals surface area contributed by atoms with Gasteiger partial charge in [0.1, 0.15) is 5.82 Å². The summed E-state index contributed by atoms with van der Waals surface area (Å²) in [6.45, 7) is 4.32. The number of benzene rings is 3. The molecule has 1 atom stereocenters. The Labute approximate surface area is 269 Å². The molecule has 45 heavy (non-hydrogen) atoms. The zero-order valence-corrected chi connectivity index (χ0v) is 27.4. The van der Waals surface area contributed by atoms with Gasteiger partial charge in [-0.15, -0.1) is 0 Å². The van der Waals surface area contributed by atoms with Crippen LogP contribution in [0.3, 0.4) is 0 Å².